The lowest BCUT2D eigenvalue weighted by atomic mass is 10.1. The predicted octanol–water partition coefficient (Wildman–Crippen LogP) is 2.10. The quantitative estimate of drug-likeness (QED) is 0.736. The molecule has 0 unspecified atom stereocenters. The van der Waals surface area contributed by atoms with Crippen LogP contribution in [-0.4, -0.2) is 43.7 Å². The summed E-state index contributed by atoms with van der Waals surface area (Å²) in [5.74, 6) is -0.278. The van der Waals surface area contributed by atoms with Gasteiger partial charge in [0.1, 0.15) is 11.8 Å². The molecule has 2 amide bonds. The summed E-state index contributed by atoms with van der Waals surface area (Å²) in [7, 11) is -3.92. The lowest BCUT2D eigenvalue weighted by Crippen LogP contribution is -2.45. The third-order valence-electron chi connectivity index (χ3n) is 5.72. The van der Waals surface area contributed by atoms with Gasteiger partial charge in [0, 0.05) is 19.2 Å². The third kappa shape index (κ3) is 4.15. The van der Waals surface area contributed by atoms with Gasteiger partial charge in [-0.05, 0) is 49.4 Å². The summed E-state index contributed by atoms with van der Waals surface area (Å²) in [5, 5.41) is 5.56. The molecule has 2 heterocycles. The number of amides is 2. The topological polar surface area (TPSA) is 105 Å². The van der Waals surface area contributed by atoms with Crippen molar-refractivity contribution in [2.75, 3.05) is 18.5 Å². The number of rotatable bonds is 5. The summed E-state index contributed by atoms with van der Waals surface area (Å²) >= 11 is 0. The Labute approximate surface area is 181 Å². The Hall–Kier alpha value is -2.91. The van der Waals surface area contributed by atoms with E-state index in [-0.39, 0.29) is 29.9 Å². The van der Waals surface area contributed by atoms with E-state index < -0.39 is 16.1 Å². The molecule has 0 bridgehead atoms. The monoisotopic (exact) mass is 443 g/mol. The number of nitrogens with one attached hydrogen (secondary N) is 2. The van der Waals surface area contributed by atoms with Crippen LogP contribution in [0.5, 0.6) is 5.75 Å². The summed E-state index contributed by atoms with van der Waals surface area (Å²) in [4.78, 5) is 24.5. The molecule has 2 N–H and O–H groups in total. The van der Waals surface area contributed by atoms with E-state index >= 15 is 0 Å². The fraction of sp³-hybridized carbons (Fsp3) is 0.364. The van der Waals surface area contributed by atoms with E-state index in [1.54, 1.807) is 13.0 Å². The van der Waals surface area contributed by atoms with Crippen molar-refractivity contribution in [3.8, 4) is 5.75 Å². The van der Waals surface area contributed by atoms with Crippen LogP contribution < -0.4 is 15.4 Å². The molecule has 9 heteroatoms. The number of sulfonamides is 1. The van der Waals surface area contributed by atoms with Gasteiger partial charge < -0.3 is 15.4 Å². The number of anilines is 1. The van der Waals surface area contributed by atoms with Crippen LogP contribution in [0.1, 0.15) is 29.5 Å². The highest BCUT2D eigenvalue weighted by atomic mass is 32.2. The summed E-state index contributed by atoms with van der Waals surface area (Å²) in [5.41, 5.74) is 2.99. The number of carbonyl (C=O) groups is 2. The standard InChI is InChI=1S/C22H25N3O5S/c1-14-6-3-4-7-16(14)12-23-22(27)18-8-5-9-25(18)31(28,29)20-11-19-17(10-15(20)2)24-21(26)13-30-19/h3-4,6-7,10-11,18H,5,8-9,12-13H2,1-2H3,(H,23,27)(H,24,26)/t18-/m1/s1. The average molecular weight is 444 g/mol. The van der Waals surface area contributed by atoms with Gasteiger partial charge in [0.25, 0.3) is 5.91 Å². The van der Waals surface area contributed by atoms with Gasteiger partial charge in [0.05, 0.1) is 10.6 Å². The van der Waals surface area contributed by atoms with Gasteiger partial charge in [-0.2, -0.15) is 4.31 Å². The first kappa shape index (κ1) is 21.3. The van der Waals surface area contributed by atoms with Gasteiger partial charge in [-0.15, -0.1) is 0 Å². The lowest BCUT2D eigenvalue weighted by molar-refractivity contribution is -0.124. The zero-order valence-electron chi connectivity index (χ0n) is 17.5. The van der Waals surface area contributed by atoms with Crippen LogP contribution in [0.15, 0.2) is 41.3 Å². The van der Waals surface area contributed by atoms with E-state index in [0.29, 0.717) is 36.4 Å². The maximum Gasteiger partial charge on any atom is 0.262 e. The summed E-state index contributed by atoms with van der Waals surface area (Å²) < 4.78 is 33.6. The first-order valence-electron chi connectivity index (χ1n) is 10.2. The van der Waals surface area contributed by atoms with Crippen molar-refractivity contribution >= 4 is 27.5 Å². The predicted molar refractivity (Wildman–Crippen MR) is 115 cm³/mol. The number of fused-ring (bicyclic) bond motifs is 1. The molecule has 0 aliphatic carbocycles. The molecule has 2 aliphatic rings. The van der Waals surface area contributed by atoms with Crippen molar-refractivity contribution < 1.29 is 22.7 Å². The summed E-state index contributed by atoms with van der Waals surface area (Å²) in [6, 6.07) is 10.0. The third-order valence-corrected chi connectivity index (χ3v) is 7.77. The molecular weight excluding hydrogens is 418 g/mol. The molecule has 0 spiro atoms. The van der Waals surface area contributed by atoms with Gasteiger partial charge in [-0.1, -0.05) is 24.3 Å². The van der Waals surface area contributed by atoms with Crippen molar-refractivity contribution in [3.63, 3.8) is 0 Å². The summed E-state index contributed by atoms with van der Waals surface area (Å²) in [6.45, 7) is 4.10. The molecule has 2 aromatic rings. The second kappa shape index (κ2) is 8.32. The number of aryl methyl sites for hydroxylation is 2. The van der Waals surface area contributed by atoms with E-state index in [1.807, 2.05) is 31.2 Å². The Morgan fingerprint density at radius 3 is 2.77 bits per heavy atom. The molecule has 2 aliphatic heterocycles. The SMILES string of the molecule is Cc1ccccc1CNC(=O)[C@H]1CCCN1S(=O)(=O)c1cc2c(cc1C)NC(=O)CO2. The number of benzene rings is 2. The number of ether oxygens (including phenoxy) is 1. The Balaban J connectivity index is 1.56. The van der Waals surface area contributed by atoms with Crippen LogP contribution >= 0.6 is 0 Å². The van der Waals surface area contributed by atoms with Gasteiger partial charge in [-0.3, -0.25) is 9.59 Å². The zero-order valence-corrected chi connectivity index (χ0v) is 18.3. The number of hydrogen-bond donors (Lipinski definition) is 2. The van der Waals surface area contributed by atoms with Crippen LogP contribution in [0.2, 0.25) is 0 Å². The molecule has 164 valence electrons. The number of nitrogens with zero attached hydrogens (tertiary/aromatic N) is 1. The molecule has 0 saturated carbocycles. The summed E-state index contributed by atoms with van der Waals surface area (Å²) in [6.07, 6.45) is 1.08. The van der Waals surface area contributed by atoms with Crippen molar-refractivity contribution in [2.45, 2.75) is 44.2 Å². The van der Waals surface area contributed by atoms with Gasteiger partial charge in [0.2, 0.25) is 15.9 Å². The fourth-order valence-electron chi connectivity index (χ4n) is 4.02. The Morgan fingerprint density at radius 1 is 1.23 bits per heavy atom. The molecule has 0 aromatic heterocycles. The van der Waals surface area contributed by atoms with Gasteiger partial charge in [-0.25, -0.2) is 8.42 Å². The van der Waals surface area contributed by atoms with Crippen molar-refractivity contribution in [1.29, 1.82) is 0 Å². The second-order valence-electron chi connectivity index (χ2n) is 7.87. The minimum absolute atomic E-state index is 0.0843. The largest absolute Gasteiger partial charge is 0.482 e. The Morgan fingerprint density at radius 2 is 2.00 bits per heavy atom. The van der Waals surface area contributed by atoms with Crippen LogP contribution in [0.3, 0.4) is 0 Å². The Kier molecular flexibility index (Phi) is 5.72. The maximum absolute atomic E-state index is 13.5. The second-order valence-corrected chi connectivity index (χ2v) is 9.73. The molecule has 2 aromatic carbocycles. The first-order valence-corrected chi connectivity index (χ1v) is 11.6. The zero-order chi connectivity index (χ0) is 22.2. The van der Waals surface area contributed by atoms with E-state index in [9.17, 15) is 18.0 Å². The van der Waals surface area contributed by atoms with E-state index in [4.69, 9.17) is 4.74 Å². The first-order chi connectivity index (χ1) is 14.8. The fourth-order valence-corrected chi connectivity index (χ4v) is 5.90. The molecule has 8 nitrogen and oxygen atoms in total. The van der Waals surface area contributed by atoms with Crippen LogP contribution in [0, 0.1) is 13.8 Å². The molecule has 1 saturated heterocycles. The van der Waals surface area contributed by atoms with Gasteiger partial charge in [0.15, 0.2) is 6.61 Å². The highest BCUT2D eigenvalue weighted by molar-refractivity contribution is 7.89. The smallest absolute Gasteiger partial charge is 0.262 e. The van der Waals surface area contributed by atoms with Crippen LogP contribution in [-0.2, 0) is 26.2 Å². The number of carbonyl (C=O) groups excluding carboxylic acids is 2. The van der Waals surface area contributed by atoms with E-state index in [0.717, 1.165) is 11.1 Å². The number of hydrogen-bond acceptors (Lipinski definition) is 5. The van der Waals surface area contributed by atoms with E-state index in [1.165, 1.54) is 10.4 Å². The normalized spacial score (nSPS) is 18.8. The molecule has 0 radical (unpaired) electrons. The molecule has 31 heavy (non-hydrogen) atoms. The van der Waals surface area contributed by atoms with Crippen LogP contribution in [0.25, 0.3) is 0 Å². The van der Waals surface area contributed by atoms with Gasteiger partial charge >= 0.3 is 0 Å². The van der Waals surface area contributed by atoms with Crippen molar-refractivity contribution in [3.05, 3.63) is 53.1 Å². The van der Waals surface area contributed by atoms with Crippen molar-refractivity contribution in [1.82, 2.24) is 9.62 Å². The maximum atomic E-state index is 13.5. The average Bonchev–Trinajstić information content (AvgIpc) is 3.23. The molecular formula is C22H25N3O5S. The highest BCUT2D eigenvalue weighted by Gasteiger charge is 2.40. The molecule has 4 rings (SSSR count). The van der Waals surface area contributed by atoms with Crippen LogP contribution in [0.4, 0.5) is 5.69 Å². The Bertz CT molecular complexity index is 1150. The molecule has 1 fully saturated rings. The van der Waals surface area contributed by atoms with E-state index in [2.05, 4.69) is 10.6 Å². The minimum Gasteiger partial charge on any atom is -0.482 e. The van der Waals surface area contributed by atoms with Crippen molar-refractivity contribution in [2.24, 2.45) is 0 Å². The lowest BCUT2D eigenvalue weighted by Gasteiger charge is -2.26. The minimum atomic E-state index is -3.92. The highest BCUT2D eigenvalue weighted by Crippen LogP contribution is 2.36. The molecule has 1 atom stereocenters.